The van der Waals surface area contributed by atoms with Crippen molar-refractivity contribution in [1.29, 1.82) is 0 Å². The van der Waals surface area contributed by atoms with Crippen molar-refractivity contribution in [2.24, 2.45) is 0 Å². The van der Waals surface area contributed by atoms with Crippen molar-refractivity contribution in [3.63, 3.8) is 0 Å². The zero-order chi connectivity index (χ0) is 26.1. The number of carbonyl (C=O) groups excluding carboxylic acids is 1. The summed E-state index contributed by atoms with van der Waals surface area (Å²) in [5.41, 5.74) is 2.34. The summed E-state index contributed by atoms with van der Waals surface area (Å²) in [7, 11) is 1.64. The van der Waals surface area contributed by atoms with Crippen LogP contribution in [-0.4, -0.2) is 45.2 Å². The number of benzene rings is 4. The number of amides is 1. The summed E-state index contributed by atoms with van der Waals surface area (Å²) >= 11 is 3.00. The van der Waals surface area contributed by atoms with E-state index in [2.05, 4.69) is 10.2 Å². The van der Waals surface area contributed by atoms with Crippen LogP contribution in [0.2, 0.25) is 0 Å². The van der Waals surface area contributed by atoms with Gasteiger partial charge in [-0.3, -0.25) is 14.3 Å². The molecule has 0 fully saturated rings. The van der Waals surface area contributed by atoms with Crippen molar-refractivity contribution in [1.82, 2.24) is 14.8 Å². The van der Waals surface area contributed by atoms with Gasteiger partial charge in [-0.1, -0.05) is 72.1 Å². The van der Waals surface area contributed by atoms with Gasteiger partial charge >= 0.3 is 0 Å². The summed E-state index contributed by atoms with van der Waals surface area (Å²) in [6.07, 6.45) is 0. The zero-order valence-corrected chi connectivity index (χ0v) is 22.2. The number of phenols is 1. The maximum Gasteiger partial charge on any atom is 0.242 e. The number of anilines is 2. The first-order valence-corrected chi connectivity index (χ1v) is 13.9. The van der Waals surface area contributed by atoms with E-state index in [0.29, 0.717) is 29.7 Å². The molecule has 38 heavy (non-hydrogen) atoms. The highest BCUT2D eigenvalue weighted by Gasteiger charge is 2.28. The average Bonchev–Trinajstić information content (AvgIpc) is 3.35. The quantitative estimate of drug-likeness (QED) is 0.240. The molecule has 7 nitrogen and oxygen atoms in total. The Morgan fingerprint density at radius 2 is 1.55 bits per heavy atom. The number of nitrogens with zero attached hydrogens (tertiary/aromatic N) is 4. The second-order valence-corrected chi connectivity index (χ2v) is 10.7. The Bertz CT molecular complexity index is 1610. The standard InChI is InChI=1S/C29H24N4O3S2/c1-36-15-14-32-28(21-16-19-8-2-3-9-20(19)17-24(21)34)30-31-29(32)37-18-27(35)33-22-10-4-6-12-25(22)38-26-13-7-5-11-23(26)33/h2-13,16-17,34H,14-15,18H2,1H3. The number of methoxy groups -OCH3 is 1. The molecular weight excluding hydrogens is 516 g/mol. The van der Waals surface area contributed by atoms with Gasteiger partial charge in [0, 0.05) is 16.9 Å². The highest BCUT2D eigenvalue weighted by Crippen LogP contribution is 2.48. The third-order valence-electron chi connectivity index (χ3n) is 6.35. The van der Waals surface area contributed by atoms with Crippen LogP contribution in [0, 0.1) is 0 Å². The van der Waals surface area contributed by atoms with Gasteiger partial charge in [0.25, 0.3) is 0 Å². The van der Waals surface area contributed by atoms with Gasteiger partial charge in [-0.25, -0.2) is 0 Å². The van der Waals surface area contributed by atoms with Crippen molar-refractivity contribution in [2.75, 3.05) is 24.4 Å². The molecule has 1 aromatic heterocycles. The fourth-order valence-corrected chi connectivity index (χ4v) is 6.42. The van der Waals surface area contributed by atoms with Crippen molar-refractivity contribution in [2.45, 2.75) is 21.5 Å². The third-order valence-corrected chi connectivity index (χ3v) is 8.43. The molecule has 1 aliphatic heterocycles. The van der Waals surface area contributed by atoms with Gasteiger partial charge in [-0.05, 0) is 47.2 Å². The number of hydrogen-bond donors (Lipinski definition) is 1. The van der Waals surface area contributed by atoms with Gasteiger partial charge in [-0.15, -0.1) is 10.2 Å². The highest BCUT2D eigenvalue weighted by atomic mass is 32.2. The number of phenolic OH excluding ortho intramolecular Hbond substituents is 1. The van der Waals surface area contributed by atoms with Crippen molar-refractivity contribution in [3.8, 4) is 17.1 Å². The van der Waals surface area contributed by atoms with E-state index in [1.54, 1.807) is 29.8 Å². The van der Waals surface area contributed by atoms with Crippen LogP contribution in [0.5, 0.6) is 5.75 Å². The maximum absolute atomic E-state index is 13.7. The average molecular weight is 541 g/mol. The Kier molecular flexibility index (Phi) is 6.80. The molecule has 1 amide bonds. The van der Waals surface area contributed by atoms with Crippen molar-refractivity contribution < 1.29 is 14.6 Å². The van der Waals surface area contributed by atoms with Crippen LogP contribution in [0.3, 0.4) is 0 Å². The maximum atomic E-state index is 13.7. The van der Waals surface area contributed by atoms with Crippen molar-refractivity contribution >= 4 is 51.6 Å². The Labute approximate surface area is 228 Å². The predicted molar refractivity (Wildman–Crippen MR) is 151 cm³/mol. The van der Waals surface area contributed by atoms with Crippen LogP contribution >= 0.6 is 23.5 Å². The molecule has 190 valence electrons. The van der Waals surface area contributed by atoms with Crippen LogP contribution in [-0.2, 0) is 16.1 Å². The molecule has 0 spiro atoms. The second-order valence-electron chi connectivity index (χ2n) is 8.72. The molecule has 1 aliphatic rings. The van der Waals surface area contributed by atoms with E-state index in [9.17, 15) is 9.90 Å². The minimum atomic E-state index is -0.0495. The second kappa shape index (κ2) is 10.5. The minimum absolute atomic E-state index is 0.0495. The van der Waals surface area contributed by atoms with Crippen LogP contribution in [0.15, 0.2) is 99.9 Å². The largest absolute Gasteiger partial charge is 0.507 e. The molecule has 0 radical (unpaired) electrons. The molecule has 0 unspecified atom stereocenters. The number of thioether (sulfide) groups is 1. The van der Waals surface area contributed by atoms with Gasteiger partial charge in [0.1, 0.15) is 5.75 Å². The van der Waals surface area contributed by atoms with Crippen LogP contribution in [0.25, 0.3) is 22.2 Å². The van der Waals surface area contributed by atoms with E-state index >= 15 is 0 Å². The molecule has 0 aliphatic carbocycles. The lowest BCUT2D eigenvalue weighted by molar-refractivity contribution is -0.115. The van der Waals surface area contributed by atoms with Crippen LogP contribution < -0.4 is 4.90 Å². The summed E-state index contributed by atoms with van der Waals surface area (Å²) in [6, 6.07) is 27.4. The summed E-state index contributed by atoms with van der Waals surface area (Å²) in [5.74, 6) is 0.778. The smallest absolute Gasteiger partial charge is 0.242 e. The molecule has 0 atom stereocenters. The van der Waals surface area contributed by atoms with E-state index < -0.39 is 0 Å². The molecule has 5 aromatic rings. The summed E-state index contributed by atoms with van der Waals surface area (Å²) in [5, 5.41) is 22.2. The number of ether oxygens (including phenoxy) is 1. The molecule has 9 heteroatoms. The monoisotopic (exact) mass is 540 g/mol. The highest BCUT2D eigenvalue weighted by molar-refractivity contribution is 8.00. The summed E-state index contributed by atoms with van der Waals surface area (Å²) < 4.78 is 7.24. The molecule has 0 saturated carbocycles. The first-order valence-electron chi connectivity index (χ1n) is 12.1. The number of aromatic hydroxyl groups is 1. The Morgan fingerprint density at radius 1 is 0.921 bits per heavy atom. The number of fused-ring (bicyclic) bond motifs is 3. The van der Waals surface area contributed by atoms with Gasteiger partial charge in [-0.2, -0.15) is 0 Å². The van der Waals surface area contributed by atoms with Gasteiger partial charge in [0.05, 0.1) is 35.8 Å². The molecule has 0 bridgehead atoms. The van der Waals surface area contributed by atoms with E-state index in [4.69, 9.17) is 4.74 Å². The lowest BCUT2D eigenvalue weighted by Crippen LogP contribution is -2.30. The minimum Gasteiger partial charge on any atom is -0.507 e. The van der Waals surface area contributed by atoms with Crippen LogP contribution in [0.1, 0.15) is 0 Å². The molecule has 6 rings (SSSR count). The number of hydrogen-bond acceptors (Lipinski definition) is 7. The lowest BCUT2D eigenvalue weighted by Gasteiger charge is -2.30. The van der Waals surface area contributed by atoms with Gasteiger partial charge in [0.15, 0.2) is 11.0 Å². The van der Waals surface area contributed by atoms with Gasteiger partial charge < -0.3 is 9.84 Å². The number of aromatic nitrogens is 3. The molecular formula is C29H24N4O3S2. The Balaban J connectivity index is 1.31. The first-order chi connectivity index (χ1) is 18.6. The predicted octanol–water partition coefficient (Wildman–Crippen LogP) is 6.37. The summed E-state index contributed by atoms with van der Waals surface area (Å²) in [4.78, 5) is 17.6. The third kappa shape index (κ3) is 4.53. The van der Waals surface area contributed by atoms with E-state index in [1.807, 2.05) is 83.4 Å². The van der Waals surface area contributed by atoms with E-state index in [0.717, 1.165) is 31.9 Å². The molecule has 0 saturated heterocycles. The Hall–Kier alpha value is -3.79. The lowest BCUT2D eigenvalue weighted by atomic mass is 10.1. The van der Waals surface area contributed by atoms with Crippen molar-refractivity contribution in [3.05, 3.63) is 84.9 Å². The Morgan fingerprint density at radius 3 is 2.24 bits per heavy atom. The molecule has 2 heterocycles. The van der Waals surface area contributed by atoms with E-state index in [-0.39, 0.29) is 17.4 Å². The number of para-hydroxylation sites is 2. The number of carbonyl (C=O) groups is 1. The fraction of sp³-hybridized carbons (Fsp3) is 0.138. The van der Waals surface area contributed by atoms with Gasteiger partial charge in [0.2, 0.25) is 5.91 Å². The molecule has 4 aromatic carbocycles. The normalized spacial score (nSPS) is 12.4. The molecule has 1 N–H and O–H groups in total. The first kappa shape index (κ1) is 24.5. The summed E-state index contributed by atoms with van der Waals surface area (Å²) in [6.45, 7) is 0.915. The zero-order valence-electron chi connectivity index (χ0n) is 20.6. The topological polar surface area (TPSA) is 80.5 Å². The SMILES string of the molecule is COCCn1c(SCC(=O)N2c3ccccc3Sc3ccccc32)nnc1-c1cc2ccccc2cc1O. The van der Waals surface area contributed by atoms with E-state index in [1.165, 1.54) is 11.8 Å². The van der Waals surface area contributed by atoms with Crippen LogP contribution in [0.4, 0.5) is 11.4 Å². The number of rotatable bonds is 7. The fourth-order valence-electron chi connectivity index (χ4n) is 4.55.